The van der Waals surface area contributed by atoms with Crippen LogP contribution in [0.1, 0.15) is 71.1 Å². The second-order valence-corrected chi connectivity index (χ2v) is 7.29. The molecule has 0 bridgehead atoms. The van der Waals surface area contributed by atoms with Crippen molar-refractivity contribution in [3.63, 3.8) is 0 Å². The van der Waals surface area contributed by atoms with Gasteiger partial charge in [0.05, 0.1) is 11.4 Å². The maximum Gasteiger partial charge on any atom is 0.0600 e. The van der Waals surface area contributed by atoms with Gasteiger partial charge >= 0.3 is 0 Å². The van der Waals surface area contributed by atoms with Crippen molar-refractivity contribution in [2.24, 2.45) is 0 Å². The largest absolute Gasteiger partial charge is 0.383 e. The first-order valence-electron chi connectivity index (χ1n) is 8.52. The summed E-state index contributed by atoms with van der Waals surface area (Å²) in [5.74, 6) is 0. The van der Waals surface area contributed by atoms with Crippen molar-refractivity contribution in [3.8, 4) is 0 Å². The highest BCUT2D eigenvalue weighted by atomic mass is 79.9. The first-order chi connectivity index (χ1) is 9.70. The molecule has 0 aromatic rings. The molecule has 0 aromatic carbocycles. The second-order valence-electron chi connectivity index (χ2n) is 6.00. The number of hydrogen-bond acceptors (Lipinski definition) is 2. The summed E-state index contributed by atoms with van der Waals surface area (Å²) in [4.78, 5) is 2.86. The highest BCUT2D eigenvalue weighted by molar-refractivity contribution is 9.09. The Morgan fingerprint density at radius 2 is 1.40 bits per heavy atom. The third kappa shape index (κ3) is 14.8. The highest BCUT2D eigenvalue weighted by Crippen LogP contribution is 2.11. The average Bonchev–Trinajstić information content (AvgIpc) is 2.41. The molecule has 0 aromatic heterocycles. The summed E-state index contributed by atoms with van der Waals surface area (Å²) in [5, 5.41) is 0. The van der Waals surface area contributed by atoms with Crippen LogP contribution in [0, 0.1) is 0 Å². The maximum atomic E-state index is 5.14. The molecule has 0 radical (unpaired) electrons. The van der Waals surface area contributed by atoms with E-state index >= 15 is 0 Å². The molecule has 0 heterocycles. The van der Waals surface area contributed by atoms with Gasteiger partial charge in [-0.25, -0.2) is 0 Å². The summed E-state index contributed by atoms with van der Waals surface area (Å²) in [6.07, 6.45) is 14.1. The van der Waals surface area contributed by atoms with Crippen LogP contribution in [-0.4, -0.2) is 43.6 Å². The van der Waals surface area contributed by atoms with Crippen molar-refractivity contribution in [3.05, 3.63) is 0 Å². The summed E-state index contributed by atoms with van der Waals surface area (Å²) in [6, 6.07) is 0. The van der Waals surface area contributed by atoms with Crippen molar-refractivity contribution >= 4 is 15.9 Å². The fourth-order valence-corrected chi connectivity index (χ4v) is 3.29. The smallest absolute Gasteiger partial charge is 0.0600 e. The zero-order valence-electron chi connectivity index (χ0n) is 14.0. The zero-order valence-corrected chi connectivity index (χ0v) is 15.6. The van der Waals surface area contributed by atoms with Gasteiger partial charge in [-0.2, -0.15) is 0 Å². The molecule has 1 atom stereocenters. The van der Waals surface area contributed by atoms with Gasteiger partial charge < -0.3 is 9.64 Å². The molecule has 0 N–H and O–H groups in total. The molecule has 0 spiro atoms. The summed E-state index contributed by atoms with van der Waals surface area (Å²) in [5.41, 5.74) is 0. The van der Waals surface area contributed by atoms with Crippen molar-refractivity contribution in [1.82, 2.24) is 4.90 Å². The number of methoxy groups -OCH3 is 1. The third-order valence-corrected chi connectivity index (χ3v) is 4.30. The Labute approximate surface area is 135 Å². The number of alkyl halides is 1. The normalized spacial score (nSPS) is 13.1. The molecule has 0 rings (SSSR count). The Balaban J connectivity index is 3.19. The summed E-state index contributed by atoms with van der Waals surface area (Å²) in [6.45, 7) is 5.36. The number of nitrogens with zero attached hydrogens (tertiary/aromatic N) is 1. The van der Waals surface area contributed by atoms with Crippen LogP contribution in [0.25, 0.3) is 0 Å². The Morgan fingerprint density at radius 3 is 1.90 bits per heavy atom. The average molecular weight is 350 g/mol. The Morgan fingerprint density at radius 1 is 0.900 bits per heavy atom. The van der Waals surface area contributed by atoms with Crippen LogP contribution in [0.15, 0.2) is 0 Å². The minimum absolute atomic E-state index is 0.459. The molecule has 3 heteroatoms. The minimum Gasteiger partial charge on any atom is -0.383 e. The molecule has 0 aliphatic carbocycles. The number of hydrogen-bond donors (Lipinski definition) is 0. The van der Waals surface area contributed by atoms with Gasteiger partial charge in [0.25, 0.3) is 0 Å². The molecule has 0 aliphatic rings. The molecular weight excluding hydrogens is 314 g/mol. The van der Waals surface area contributed by atoms with Gasteiger partial charge in [-0.15, -0.1) is 0 Å². The van der Waals surface area contributed by atoms with Crippen LogP contribution in [0.5, 0.6) is 0 Å². The van der Waals surface area contributed by atoms with Crippen LogP contribution in [0.4, 0.5) is 0 Å². The first-order valence-corrected chi connectivity index (χ1v) is 9.43. The highest BCUT2D eigenvalue weighted by Gasteiger charge is 2.06. The van der Waals surface area contributed by atoms with E-state index in [0.29, 0.717) is 4.83 Å². The van der Waals surface area contributed by atoms with Crippen LogP contribution in [0.2, 0.25) is 0 Å². The Hall–Kier alpha value is 0.400. The van der Waals surface area contributed by atoms with Crippen LogP contribution < -0.4 is 0 Å². The fourth-order valence-electron chi connectivity index (χ4n) is 2.53. The van der Waals surface area contributed by atoms with Gasteiger partial charge in [0, 0.05) is 13.7 Å². The van der Waals surface area contributed by atoms with Gasteiger partial charge in [0.15, 0.2) is 0 Å². The molecule has 0 saturated carbocycles. The zero-order chi connectivity index (χ0) is 15.1. The van der Waals surface area contributed by atoms with Crippen LogP contribution in [0.3, 0.4) is 0 Å². The lowest BCUT2D eigenvalue weighted by atomic mass is 10.1. The predicted octanol–water partition coefficient (Wildman–Crippen LogP) is 5.25. The lowest BCUT2D eigenvalue weighted by Gasteiger charge is -2.19. The van der Waals surface area contributed by atoms with Crippen molar-refractivity contribution in [2.75, 3.05) is 33.9 Å². The van der Waals surface area contributed by atoms with E-state index in [4.69, 9.17) is 4.74 Å². The molecule has 122 valence electrons. The third-order valence-electron chi connectivity index (χ3n) is 3.75. The number of rotatable bonds is 15. The number of ether oxygens (including phenoxy) is 1. The van der Waals surface area contributed by atoms with Crippen molar-refractivity contribution in [1.29, 1.82) is 0 Å². The fraction of sp³-hybridized carbons (Fsp3) is 1.00. The summed E-state index contributed by atoms with van der Waals surface area (Å²) in [7, 11) is 3.97. The monoisotopic (exact) mass is 349 g/mol. The Bertz CT molecular complexity index is 190. The van der Waals surface area contributed by atoms with E-state index in [9.17, 15) is 0 Å². The number of halogens is 1. The van der Waals surface area contributed by atoms with Gasteiger partial charge in [-0.1, -0.05) is 80.6 Å². The molecule has 0 aliphatic heterocycles. The SMILES string of the molecule is CCCCCCCCCCCCN(C)CC(Br)COC. The lowest BCUT2D eigenvalue weighted by molar-refractivity contribution is 0.185. The van der Waals surface area contributed by atoms with E-state index in [0.717, 1.165) is 13.2 Å². The van der Waals surface area contributed by atoms with Gasteiger partial charge in [-0.05, 0) is 20.0 Å². The van der Waals surface area contributed by atoms with E-state index in [1.54, 1.807) is 7.11 Å². The van der Waals surface area contributed by atoms with Crippen LogP contribution in [-0.2, 0) is 4.74 Å². The van der Waals surface area contributed by atoms with Crippen molar-refractivity contribution in [2.45, 2.75) is 76.0 Å². The molecule has 0 fully saturated rings. The van der Waals surface area contributed by atoms with E-state index in [2.05, 4.69) is 34.8 Å². The molecule has 20 heavy (non-hydrogen) atoms. The maximum absolute atomic E-state index is 5.14. The summed E-state index contributed by atoms with van der Waals surface area (Å²) < 4.78 is 5.14. The lowest BCUT2D eigenvalue weighted by Crippen LogP contribution is -2.29. The molecule has 2 nitrogen and oxygen atoms in total. The van der Waals surface area contributed by atoms with Gasteiger partial charge in [-0.3, -0.25) is 0 Å². The topological polar surface area (TPSA) is 12.5 Å². The standard InChI is InChI=1S/C17H36BrNO/c1-4-5-6-7-8-9-10-11-12-13-14-19(2)15-17(18)16-20-3/h17H,4-16H2,1-3H3. The predicted molar refractivity (Wildman–Crippen MR) is 93.9 cm³/mol. The first kappa shape index (κ1) is 20.4. The van der Waals surface area contributed by atoms with Crippen molar-refractivity contribution < 1.29 is 4.74 Å². The van der Waals surface area contributed by atoms with Gasteiger partial charge in [0.1, 0.15) is 0 Å². The quantitative estimate of drug-likeness (QED) is 0.295. The van der Waals surface area contributed by atoms with Gasteiger partial charge in [0.2, 0.25) is 0 Å². The molecule has 0 saturated heterocycles. The van der Waals surface area contributed by atoms with E-state index in [1.165, 1.54) is 70.8 Å². The van der Waals surface area contributed by atoms with E-state index in [1.807, 2.05) is 0 Å². The molecular formula is C17H36BrNO. The van der Waals surface area contributed by atoms with E-state index in [-0.39, 0.29) is 0 Å². The molecule has 1 unspecified atom stereocenters. The minimum atomic E-state index is 0.459. The van der Waals surface area contributed by atoms with E-state index < -0.39 is 0 Å². The molecule has 0 amide bonds. The number of unbranched alkanes of at least 4 members (excludes halogenated alkanes) is 9. The summed E-state index contributed by atoms with van der Waals surface area (Å²) >= 11 is 3.64. The van der Waals surface area contributed by atoms with Crippen LogP contribution >= 0.6 is 15.9 Å². The Kier molecular flexibility index (Phi) is 16.1. The second kappa shape index (κ2) is 15.8.